The number of carbonyl (C=O) groups is 2. The first kappa shape index (κ1) is 21.1. The summed E-state index contributed by atoms with van der Waals surface area (Å²) in [6.45, 7) is 0.684. The van der Waals surface area contributed by atoms with Crippen LogP contribution in [0.3, 0.4) is 0 Å². The van der Waals surface area contributed by atoms with Crippen molar-refractivity contribution < 1.29 is 14.3 Å². The predicted octanol–water partition coefficient (Wildman–Crippen LogP) is 4.29. The highest BCUT2D eigenvalue weighted by Gasteiger charge is 2.38. The van der Waals surface area contributed by atoms with E-state index >= 15 is 0 Å². The van der Waals surface area contributed by atoms with E-state index in [9.17, 15) is 9.59 Å². The van der Waals surface area contributed by atoms with Crippen LogP contribution in [0, 0.1) is 5.92 Å². The van der Waals surface area contributed by atoms with Crippen LogP contribution in [0.1, 0.15) is 12.0 Å². The fourth-order valence-electron chi connectivity index (χ4n) is 4.00. The van der Waals surface area contributed by atoms with E-state index in [1.165, 1.54) is 11.3 Å². The maximum Gasteiger partial charge on any atom is 0.234 e. The summed E-state index contributed by atoms with van der Waals surface area (Å²) in [5.41, 5.74) is 2.47. The zero-order valence-electron chi connectivity index (χ0n) is 18.0. The average molecular weight is 459 g/mol. The van der Waals surface area contributed by atoms with Gasteiger partial charge in [0.2, 0.25) is 11.8 Å². The molecular weight excluding hydrogens is 436 g/mol. The second-order valence-corrected chi connectivity index (χ2v) is 8.87. The molecule has 5 rings (SSSR count). The molecule has 0 radical (unpaired) electrons. The summed E-state index contributed by atoms with van der Waals surface area (Å²) >= 11 is 1.45. The van der Waals surface area contributed by atoms with Crippen molar-refractivity contribution in [2.45, 2.75) is 13.0 Å². The number of anilines is 2. The van der Waals surface area contributed by atoms with Gasteiger partial charge >= 0.3 is 0 Å². The van der Waals surface area contributed by atoms with Gasteiger partial charge in [0, 0.05) is 37.1 Å². The summed E-state index contributed by atoms with van der Waals surface area (Å²) in [5.74, 6) is 0.104. The largest absolute Gasteiger partial charge is 0.497 e. The summed E-state index contributed by atoms with van der Waals surface area (Å²) in [4.78, 5) is 38.8. The molecule has 7 nitrogen and oxygen atoms in total. The first-order valence-electron chi connectivity index (χ1n) is 10.6. The number of fused-ring (bicyclic) bond motifs is 1. The number of hydrogen-bond acceptors (Lipinski definition) is 6. The van der Waals surface area contributed by atoms with Crippen LogP contribution >= 0.6 is 11.3 Å². The van der Waals surface area contributed by atoms with Gasteiger partial charge in [-0.25, -0.2) is 4.98 Å². The molecule has 1 aliphatic heterocycles. The van der Waals surface area contributed by atoms with Crippen LogP contribution in [-0.2, 0) is 16.1 Å². The summed E-state index contributed by atoms with van der Waals surface area (Å²) in [6, 6.07) is 18.9. The number of aromatic nitrogens is 2. The number of para-hydroxylation sites is 1. The number of nitrogens with zero attached hydrogens (tertiary/aromatic N) is 4. The lowest BCUT2D eigenvalue weighted by Gasteiger charge is -2.23. The lowest BCUT2D eigenvalue weighted by molar-refractivity contribution is -0.124. The maximum atomic E-state index is 13.7. The molecule has 2 aromatic heterocycles. The molecule has 3 heterocycles. The van der Waals surface area contributed by atoms with Gasteiger partial charge in [0.25, 0.3) is 0 Å². The summed E-state index contributed by atoms with van der Waals surface area (Å²) < 4.78 is 6.28. The molecule has 1 fully saturated rings. The molecule has 0 aliphatic carbocycles. The zero-order chi connectivity index (χ0) is 22.8. The molecule has 1 aliphatic rings. The number of thiazole rings is 1. The summed E-state index contributed by atoms with van der Waals surface area (Å²) in [6.07, 6.45) is 3.62. The van der Waals surface area contributed by atoms with Gasteiger partial charge in [0.15, 0.2) is 5.13 Å². The lowest BCUT2D eigenvalue weighted by Crippen LogP contribution is -2.37. The molecule has 0 spiro atoms. The van der Waals surface area contributed by atoms with Crippen molar-refractivity contribution >= 4 is 44.2 Å². The number of rotatable bonds is 6. The van der Waals surface area contributed by atoms with Crippen LogP contribution in [0.15, 0.2) is 73.1 Å². The van der Waals surface area contributed by atoms with Gasteiger partial charge in [0.05, 0.1) is 29.8 Å². The third-order valence-corrected chi connectivity index (χ3v) is 6.75. The van der Waals surface area contributed by atoms with Gasteiger partial charge in [-0.05, 0) is 35.9 Å². The van der Waals surface area contributed by atoms with Crippen molar-refractivity contribution in [2.24, 2.45) is 5.92 Å². The van der Waals surface area contributed by atoms with Crippen molar-refractivity contribution in [3.8, 4) is 5.75 Å². The Hall–Kier alpha value is -3.78. The SMILES string of the molecule is COc1ccc2sc(N(Cc3cccnc3)C(=O)C3CC(=O)N(c4ccccc4)C3)nc2c1. The Morgan fingerprint density at radius 3 is 2.79 bits per heavy atom. The number of benzene rings is 2. The highest BCUT2D eigenvalue weighted by atomic mass is 32.1. The van der Waals surface area contributed by atoms with Crippen LogP contribution in [0.2, 0.25) is 0 Å². The first-order valence-corrected chi connectivity index (χ1v) is 11.4. The van der Waals surface area contributed by atoms with Gasteiger partial charge in [-0.2, -0.15) is 0 Å². The number of ether oxygens (including phenoxy) is 1. The molecule has 8 heteroatoms. The molecular formula is C25H22N4O3S. The minimum Gasteiger partial charge on any atom is -0.497 e. The van der Waals surface area contributed by atoms with E-state index in [4.69, 9.17) is 9.72 Å². The summed E-state index contributed by atoms with van der Waals surface area (Å²) in [7, 11) is 1.61. The number of carbonyl (C=O) groups excluding carboxylic acids is 2. The molecule has 0 bridgehead atoms. The highest BCUT2D eigenvalue weighted by molar-refractivity contribution is 7.22. The molecule has 0 N–H and O–H groups in total. The smallest absolute Gasteiger partial charge is 0.234 e. The molecule has 1 atom stereocenters. The van der Waals surface area contributed by atoms with Gasteiger partial charge in [-0.3, -0.25) is 19.5 Å². The van der Waals surface area contributed by atoms with E-state index < -0.39 is 5.92 Å². The molecule has 166 valence electrons. The molecule has 4 aromatic rings. The van der Waals surface area contributed by atoms with Gasteiger partial charge in [0.1, 0.15) is 5.75 Å². The maximum absolute atomic E-state index is 13.7. The first-order chi connectivity index (χ1) is 16.1. The Labute approximate surface area is 195 Å². The molecule has 2 amide bonds. The van der Waals surface area contributed by atoms with Crippen LogP contribution in [0.25, 0.3) is 10.2 Å². The number of methoxy groups -OCH3 is 1. The number of hydrogen-bond donors (Lipinski definition) is 0. The minimum absolute atomic E-state index is 0.0464. The highest BCUT2D eigenvalue weighted by Crippen LogP contribution is 2.34. The second-order valence-electron chi connectivity index (χ2n) is 7.86. The van der Waals surface area contributed by atoms with Crippen LogP contribution in [-0.4, -0.2) is 35.4 Å². The fraction of sp³-hybridized carbons (Fsp3) is 0.200. The second kappa shape index (κ2) is 8.99. The standard InChI is InChI=1S/C25H22N4O3S/c1-32-20-9-10-22-21(13-20)27-25(33-22)29(15-17-6-5-11-26-14-17)24(31)18-12-23(30)28(16-18)19-7-3-2-4-8-19/h2-11,13-14,18H,12,15-16H2,1H3. The van der Waals surface area contributed by atoms with Crippen LogP contribution in [0.5, 0.6) is 5.75 Å². The fourth-order valence-corrected chi connectivity index (χ4v) is 4.95. The molecule has 0 saturated carbocycles. The van der Waals surface area contributed by atoms with E-state index in [1.807, 2.05) is 60.7 Å². The third-order valence-electron chi connectivity index (χ3n) is 5.69. The Kier molecular flexibility index (Phi) is 5.75. The molecule has 2 aromatic carbocycles. The normalized spacial score (nSPS) is 15.7. The minimum atomic E-state index is -0.448. The van der Waals surface area contributed by atoms with E-state index in [0.29, 0.717) is 24.0 Å². The molecule has 1 saturated heterocycles. The molecule has 33 heavy (non-hydrogen) atoms. The van der Waals surface area contributed by atoms with Crippen molar-refractivity contribution in [3.63, 3.8) is 0 Å². The molecule has 1 unspecified atom stereocenters. The zero-order valence-corrected chi connectivity index (χ0v) is 18.9. The van der Waals surface area contributed by atoms with Crippen molar-refractivity contribution in [3.05, 3.63) is 78.6 Å². The Morgan fingerprint density at radius 2 is 2.03 bits per heavy atom. The third kappa shape index (κ3) is 4.29. The quantitative estimate of drug-likeness (QED) is 0.431. The van der Waals surface area contributed by atoms with Crippen molar-refractivity contribution in [2.75, 3.05) is 23.5 Å². The van der Waals surface area contributed by atoms with Crippen LogP contribution < -0.4 is 14.5 Å². The van der Waals surface area contributed by atoms with Crippen molar-refractivity contribution in [1.29, 1.82) is 0 Å². The lowest BCUT2D eigenvalue weighted by atomic mass is 10.1. The summed E-state index contributed by atoms with van der Waals surface area (Å²) in [5, 5.41) is 0.595. The van der Waals surface area contributed by atoms with E-state index in [1.54, 1.807) is 29.3 Å². The van der Waals surface area contributed by atoms with E-state index in [2.05, 4.69) is 4.98 Å². The topological polar surface area (TPSA) is 75.6 Å². The Morgan fingerprint density at radius 1 is 1.18 bits per heavy atom. The Bertz CT molecular complexity index is 1290. The van der Waals surface area contributed by atoms with Gasteiger partial charge in [-0.15, -0.1) is 0 Å². The average Bonchev–Trinajstić information content (AvgIpc) is 3.46. The number of pyridine rings is 1. The van der Waals surface area contributed by atoms with Gasteiger partial charge in [-0.1, -0.05) is 35.6 Å². The number of amides is 2. The van der Waals surface area contributed by atoms with Crippen LogP contribution in [0.4, 0.5) is 10.8 Å². The van der Waals surface area contributed by atoms with E-state index in [0.717, 1.165) is 21.5 Å². The monoisotopic (exact) mass is 458 g/mol. The Balaban J connectivity index is 1.47. The van der Waals surface area contributed by atoms with Crippen molar-refractivity contribution in [1.82, 2.24) is 9.97 Å². The van der Waals surface area contributed by atoms with E-state index in [-0.39, 0.29) is 18.2 Å². The van der Waals surface area contributed by atoms with Gasteiger partial charge < -0.3 is 9.64 Å². The predicted molar refractivity (Wildman–Crippen MR) is 129 cm³/mol.